The number of nitrogens with one attached hydrogen (secondary N) is 2. The van der Waals surface area contributed by atoms with Crippen LogP contribution in [0.25, 0.3) is 11.3 Å². The molecule has 0 fully saturated rings. The molecule has 0 aliphatic rings. The minimum Gasteiger partial charge on any atom is -0.310 e. The average Bonchev–Trinajstić information content (AvgIpc) is 2.85. The highest BCUT2D eigenvalue weighted by Crippen LogP contribution is 2.27. The molecule has 2 aromatic rings. The third kappa shape index (κ3) is 4.12. The molecule has 0 atom stereocenters. The SMILES string of the molecule is CC(C)NCc1cn[nH]c1-c1ccc(SC(C)C)cc1. The fraction of sp³-hybridized carbons (Fsp3) is 0.438. The maximum absolute atomic E-state index is 4.18. The van der Waals surface area contributed by atoms with Gasteiger partial charge in [0, 0.05) is 28.3 Å². The molecule has 0 bridgehead atoms. The van der Waals surface area contributed by atoms with Gasteiger partial charge in [-0.25, -0.2) is 0 Å². The van der Waals surface area contributed by atoms with Crippen LogP contribution < -0.4 is 5.32 Å². The van der Waals surface area contributed by atoms with Gasteiger partial charge in [-0.2, -0.15) is 5.10 Å². The van der Waals surface area contributed by atoms with Crippen molar-refractivity contribution in [3.05, 3.63) is 36.0 Å². The zero-order valence-corrected chi connectivity index (χ0v) is 13.4. The number of aromatic amines is 1. The predicted molar refractivity (Wildman–Crippen MR) is 87.0 cm³/mol. The third-order valence-electron chi connectivity index (χ3n) is 2.93. The van der Waals surface area contributed by atoms with E-state index in [0.717, 1.165) is 12.2 Å². The van der Waals surface area contributed by atoms with E-state index in [9.17, 15) is 0 Å². The smallest absolute Gasteiger partial charge is 0.0695 e. The van der Waals surface area contributed by atoms with Gasteiger partial charge in [0.25, 0.3) is 0 Å². The Morgan fingerprint density at radius 1 is 1.15 bits per heavy atom. The molecule has 1 heterocycles. The number of thioether (sulfide) groups is 1. The number of H-pyrrole nitrogens is 1. The number of hydrogen-bond acceptors (Lipinski definition) is 3. The molecule has 0 amide bonds. The molecule has 0 aliphatic carbocycles. The Balaban J connectivity index is 2.13. The molecule has 0 saturated carbocycles. The summed E-state index contributed by atoms with van der Waals surface area (Å²) >= 11 is 1.88. The number of nitrogens with zero attached hydrogens (tertiary/aromatic N) is 1. The van der Waals surface area contributed by atoms with Gasteiger partial charge in [0.05, 0.1) is 11.9 Å². The normalized spacial score (nSPS) is 11.5. The molecule has 2 N–H and O–H groups in total. The maximum atomic E-state index is 4.18. The first kappa shape index (κ1) is 15.1. The van der Waals surface area contributed by atoms with Crippen molar-refractivity contribution < 1.29 is 0 Å². The number of hydrogen-bond donors (Lipinski definition) is 2. The summed E-state index contributed by atoms with van der Waals surface area (Å²) < 4.78 is 0. The second-order valence-corrected chi connectivity index (χ2v) is 7.15. The first-order chi connectivity index (χ1) is 9.56. The first-order valence-electron chi connectivity index (χ1n) is 7.09. The van der Waals surface area contributed by atoms with E-state index in [0.29, 0.717) is 11.3 Å². The Kier molecular flexibility index (Phi) is 5.26. The van der Waals surface area contributed by atoms with E-state index in [-0.39, 0.29) is 0 Å². The van der Waals surface area contributed by atoms with Gasteiger partial charge in [-0.05, 0) is 17.7 Å². The number of benzene rings is 1. The van der Waals surface area contributed by atoms with E-state index in [1.54, 1.807) is 0 Å². The predicted octanol–water partition coefficient (Wildman–Crippen LogP) is 4.08. The van der Waals surface area contributed by atoms with Crippen LogP contribution in [0, 0.1) is 0 Å². The number of aromatic nitrogens is 2. The fourth-order valence-corrected chi connectivity index (χ4v) is 2.82. The van der Waals surface area contributed by atoms with Crippen LogP contribution in [0.5, 0.6) is 0 Å². The lowest BCUT2D eigenvalue weighted by atomic mass is 10.1. The second-order valence-electron chi connectivity index (χ2n) is 5.50. The molecule has 108 valence electrons. The van der Waals surface area contributed by atoms with Crippen molar-refractivity contribution in [2.45, 2.75) is 50.4 Å². The van der Waals surface area contributed by atoms with Crippen molar-refractivity contribution in [1.82, 2.24) is 15.5 Å². The fourth-order valence-electron chi connectivity index (χ4n) is 1.98. The molecule has 1 aromatic carbocycles. The van der Waals surface area contributed by atoms with Gasteiger partial charge >= 0.3 is 0 Å². The van der Waals surface area contributed by atoms with Crippen molar-refractivity contribution in [3.8, 4) is 11.3 Å². The molecule has 3 nitrogen and oxygen atoms in total. The van der Waals surface area contributed by atoms with Gasteiger partial charge in [0.15, 0.2) is 0 Å². The van der Waals surface area contributed by atoms with Crippen LogP contribution in [0.2, 0.25) is 0 Å². The summed E-state index contributed by atoms with van der Waals surface area (Å²) in [7, 11) is 0. The van der Waals surface area contributed by atoms with Crippen molar-refractivity contribution in [2.24, 2.45) is 0 Å². The van der Waals surface area contributed by atoms with Gasteiger partial charge in [0.2, 0.25) is 0 Å². The minimum atomic E-state index is 0.475. The van der Waals surface area contributed by atoms with Crippen LogP contribution in [0.1, 0.15) is 33.3 Å². The van der Waals surface area contributed by atoms with Gasteiger partial charge in [-0.3, -0.25) is 5.10 Å². The zero-order valence-electron chi connectivity index (χ0n) is 12.6. The lowest BCUT2D eigenvalue weighted by Crippen LogP contribution is -2.21. The van der Waals surface area contributed by atoms with E-state index >= 15 is 0 Å². The van der Waals surface area contributed by atoms with Crippen LogP contribution in [-0.2, 0) is 6.54 Å². The Labute approximate surface area is 125 Å². The van der Waals surface area contributed by atoms with Crippen molar-refractivity contribution in [1.29, 1.82) is 0 Å². The quantitative estimate of drug-likeness (QED) is 0.787. The topological polar surface area (TPSA) is 40.7 Å². The highest BCUT2D eigenvalue weighted by molar-refractivity contribution is 7.99. The molecule has 2 rings (SSSR count). The molecule has 0 radical (unpaired) electrons. The monoisotopic (exact) mass is 289 g/mol. The van der Waals surface area contributed by atoms with E-state index in [2.05, 4.69) is 67.5 Å². The standard InChI is InChI=1S/C16H23N3S/c1-11(2)17-9-14-10-18-19-16(14)13-5-7-15(8-6-13)20-12(3)4/h5-8,10-12,17H,9H2,1-4H3,(H,18,19). The van der Waals surface area contributed by atoms with Crippen molar-refractivity contribution in [2.75, 3.05) is 0 Å². The summed E-state index contributed by atoms with van der Waals surface area (Å²) in [4.78, 5) is 1.31. The second kappa shape index (κ2) is 6.95. The summed E-state index contributed by atoms with van der Waals surface area (Å²) in [5.74, 6) is 0. The molecule has 0 unspecified atom stereocenters. The van der Waals surface area contributed by atoms with Crippen LogP contribution >= 0.6 is 11.8 Å². The largest absolute Gasteiger partial charge is 0.310 e. The average molecular weight is 289 g/mol. The molecular formula is C16H23N3S. The summed E-state index contributed by atoms with van der Waals surface area (Å²) in [6.45, 7) is 9.56. The van der Waals surface area contributed by atoms with Crippen LogP contribution in [0.3, 0.4) is 0 Å². The number of rotatable bonds is 6. The molecule has 20 heavy (non-hydrogen) atoms. The van der Waals surface area contributed by atoms with E-state index in [4.69, 9.17) is 0 Å². The molecular weight excluding hydrogens is 266 g/mol. The summed E-state index contributed by atoms with van der Waals surface area (Å²) in [5.41, 5.74) is 3.51. The lowest BCUT2D eigenvalue weighted by Gasteiger charge is -2.09. The van der Waals surface area contributed by atoms with Crippen LogP contribution in [0.15, 0.2) is 35.4 Å². The zero-order chi connectivity index (χ0) is 14.5. The third-order valence-corrected chi connectivity index (χ3v) is 3.95. The molecule has 0 saturated heterocycles. The maximum Gasteiger partial charge on any atom is 0.0695 e. The van der Waals surface area contributed by atoms with Crippen molar-refractivity contribution >= 4 is 11.8 Å². The Morgan fingerprint density at radius 3 is 2.45 bits per heavy atom. The Hall–Kier alpha value is -1.26. The van der Waals surface area contributed by atoms with Gasteiger partial charge < -0.3 is 5.32 Å². The highest BCUT2D eigenvalue weighted by atomic mass is 32.2. The van der Waals surface area contributed by atoms with Crippen molar-refractivity contribution in [3.63, 3.8) is 0 Å². The summed E-state index contributed by atoms with van der Waals surface area (Å²) in [6.07, 6.45) is 1.90. The lowest BCUT2D eigenvalue weighted by molar-refractivity contribution is 0.589. The minimum absolute atomic E-state index is 0.475. The highest BCUT2D eigenvalue weighted by Gasteiger charge is 2.08. The Morgan fingerprint density at radius 2 is 1.85 bits per heavy atom. The molecule has 0 spiro atoms. The first-order valence-corrected chi connectivity index (χ1v) is 7.97. The van der Waals surface area contributed by atoms with Gasteiger partial charge in [0.1, 0.15) is 0 Å². The van der Waals surface area contributed by atoms with Crippen LogP contribution in [0.4, 0.5) is 0 Å². The van der Waals surface area contributed by atoms with E-state index in [1.807, 2.05) is 18.0 Å². The molecule has 4 heteroatoms. The summed E-state index contributed by atoms with van der Waals surface area (Å²) in [5, 5.41) is 11.3. The van der Waals surface area contributed by atoms with Gasteiger partial charge in [-0.1, -0.05) is 39.8 Å². The van der Waals surface area contributed by atoms with Gasteiger partial charge in [-0.15, -0.1) is 11.8 Å². The van der Waals surface area contributed by atoms with Crippen LogP contribution in [-0.4, -0.2) is 21.5 Å². The molecule has 0 aliphatic heterocycles. The van der Waals surface area contributed by atoms with E-state index in [1.165, 1.54) is 16.0 Å². The van der Waals surface area contributed by atoms with E-state index < -0.39 is 0 Å². The summed E-state index contributed by atoms with van der Waals surface area (Å²) in [6, 6.07) is 9.16. The molecule has 1 aromatic heterocycles. The Bertz CT molecular complexity index is 529.